The lowest BCUT2D eigenvalue weighted by Crippen LogP contribution is -2.35. The number of fused-ring (bicyclic) bond motifs is 2. The van der Waals surface area contributed by atoms with Gasteiger partial charge in [-0.15, -0.1) is 0 Å². The first-order chi connectivity index (χ1) is 13.9. The third kappa shape index (κ3) is 3.40. The predicted octanol–water partition coefficient (Wildman–Crippen LogP) is 3.80. The molecule has 0 aliphatic carbocycles. The number of hydrogen-bond acceptors (Lipinski definition) is 6. The minimum atomic E-state index is 0.464. The second-order valence-electron chi connectivity index (χ2n) is 6.81. The molecule has 6 heteroatoms. The maximum atomic E-state index is 6.08. The van der Waals surface area contributed by atoms with Gasteiger partial charge in [0.15, 0.2) is 5.75 Å². The second kappa shape index (κ2) is 7.50. The fraction of sp³-hybridized carbons (Fsp3) is 0.227. The van der Waals surface area contributed by atoms with Gasteiger partial charge in [0, 0.05) is 31.2 Å². The molecule has 0 saturated carbocycles. The van der Waals surface area contributed by atoms with E-state index in [0.717, 1.165) is 54.8 Å². The molecule has 1 fully saturated rings. The maximum absolute atomic E-state index is 6.08. The zero-order valence-corrected chi connectivity index (χ0v) is 15.4. The third-order valence-corrected chi connectivity index (χ3v) is 4.96. The number of nitrogens with zero attached hydrogens (tertiary/aromatic N) is 4. The fourth-order valence-corrected chi connectivity index (χ4v) is 3.53. The molecule has 0 spiro atoms. The number of aromatic nitrogens is 3. The van der Waals surface area contributed by atoms with E-state index in [4.69, 9.17) is 9.47 Å². The predicted molar refractivity (Wildman–Crippen MR) is 107 cm³/mol. The van der Waals surface area contributed by atoms with Gasteiger partial charge < -0.3 is 9.47 Å². The van der Waals surface area contributed by atoms with Crippen LogP contribution in [0.4, 0.5) is 0 Å². The molecule has 3 heterocycles. The van der Waals surface area contributed by atoms with Crippen LogP contribution >= 0.6 is 0 Å². The summed E-state index contributed by atoms with van der Waals surface area (Å²) in [4.78, 5) is 16.0. The lowest BCUT2D eigenvalue weighted by atomic mass is 10.1. The summed E-state index contributed by atoms with van der Waals surface area (Å²) in [7, 11) is 0. The highest BCUT2D eigenvalue weighted by atomic mass is 16.5. The Hall–Kier alpha value is -3.09. The molecule has 6 nitrogen and oxygen atoms in total. The van der Waals surface area contributed by atoms with Crippen LogP contribution in [-0.2, 0) is 11.3 Å². The number of hydrogen-bond donors (Lipinski definition) is 0. The lowest BCUT2D eigenvalue weighted by Gasteiger charge is -2.27. The van der Waals surface area contributed by atoms with E-state index in [2.05, 4.69) is 32.0 Å². The van der Waals surface area contributed by atoms with Crippen molar-refractivity contribution in [3.8, 4) is 11.6 Å². The van der Waals surface area contributed by atoms with Crippen molar-refractivity contribution >= 4 is 21.9 Å². The molecule has 0 N–H and O–H groups in total. The number of para-hydroxylation sites is 2. The summed E-state index contributed by atoms with van der Waals surface area (Å²) >= 11 is 0. The van der Waals surface area contributed by atoms with Crippen molar-refractivity contribution in [1.82, 2.24) is 19.9 Å². The van der Waals surface area contributed by atoms with E-state index < -0.39 is 0 Å². The van der Waals surface area contributed by atoms with E-state index in [-0.39, 0.29) is 0 Å². The molecule has 2 aromatic carbocycles. The number of benzene rings is 2. The van der Waals surface area contributed by atoms with Gasteiger partial charge in [0.2, 0.25) is 5.88 Å². The van der Waals surface area contributed by atoms with E-state index >= 15 is 0 Å². The zero-order chi connectivity index (χ0) is 18.8. The molecule has 28 heavy (non-hydrogen) atoms. The van der Waals surface area contributed by atoms with E-state index in [1.807, 2.05) is 36.4 Å². The molecule has 0 unspecified atom stereocenters. The lowest BCUT2D eigenvalue weighted by molar-refractivity contribution is 0.0343. The summed E-state index contributed by atoms with van der Waals surface area (Å²) in [5.41, 5.74) is 3.73. The summed E-state index contributed by atoms with van der Waals surface area (Å²) in [6.07, 6.45) is 3.44. The summed E-state index contributed by atoms with van der Waals surface area (Å²) in [5, 5.41) is 1.10. The quantitative estimate of drug-likeness (QED) is 0.543. The van der Waals surface area contributed by atoms with Gasteiger partial charge in [-0.3, -0.25) is 9.88 Å². The van der Waals surface area contributed by atoms with Crippen molar-refractivity contribution in [3.63, 3.8) is 0 Å². The Labute approximate surface area is 162 Å². The van der Waals surface area contributed by atoms with Gasteiger partial charge in [-0.05, 0) is 29.8 Å². The van der Waals surface area contributed by atoms with Crippen molar-refractivity contribution in [2.45, 2.75) is 6.54 Å². The number of rotatable bonds is 4. The molecule has 0 amide bonds. The van der Waals surface area contributed by atoms with Crippen LogP contribution in [0.5, 0.6) is 11.6 Å². The molecule has 1 aliphatic rings. The fourth-order valence-electron chi connectivity index (χ4n) is 3.53. The van der Waals surface area contributed by atoms with E-state index in [1.54, 1.807) is 12.4 Å². The van der Waals surface area contributed by atoms with E-state index in [0.29, 0.717) is 11.6 Å². The Morgan fingerprint density at radius 3 is 2.68 bits per heavy atom. The van der Waals surface area contributed by atoms with Gasteiger partial charge in [0.1, 0.15) is 5.52 Å². The van der Waals surface area contributed by atoms with E-state index in [9.17, 15) is 0 Å². The van der Waals surface area contributed by atoms with Gasteiger partial charge in [-0.2, -0.15) is 0 Å². The molecular formula is C22H20N4O2. The smallest absolute Gasteiger partial charge is 0.238 e. The van der Waals surface area contributed by atoms with Crippen LogP contribution in [0.2, 0.25) is 0 Å². The van der Waals surface area contributed by atoms with Crippen molar-refractivity contribution in [3.05, 3.63) is 66.5 Å². The van der Waals surface area contributed by atoms with E-state index in [1.165, 1.54) is 5.56 Å². The van der Waals surface area contributed by atoms with Crippen molar-refractivity contribution < 1.29 is 9.47 Å². The topological polar surface area (TPSA) is 60.4 Å². The minimum absolute atomic E-state index is 0.464. The van der Waals surface area contributed by atoms with Crippen LogP contribution in [0.15, 0.2) is 60.9 Å². The number of morpholine rings is 1. The first-order valence-corrected chi connectivity index (χ1v) is 9.43. The Kier molecular flexibility index (Phi) is 4.56. The highest BCUT2D eigenvalue weighted by Gasteiger charge is 2.15. The van der Waals surface area contributed by atoms with Crippen LogP contribution in [-0.4, -0.2) is 46.2 Å². The van der Waals surface area contributed by atoms with Gasteiger partial charge in [0.25, 0.3) is 0 Å². The zero-order valence-electron chi connectivity index (χ0n) is 15.4. The van der Waals surface area contributed by atoms with Crippen LogP contribution in [0.3, 0.4) is 0 Å². The molecule has 0 atom stereocenters. The molecule has 4 aromatic rings. The molecule has 140 valence electrons. The SMILES string of the molecule is c1ccc2nc(Oc3ccc(CN4CCOCC4)c4cccnc34)cnc2c1. The van der Waals surface area contributed by atoms with Crippen molar-refractivity contribution in [2.24, 2.45) is 0 Å². The first-order valence-electron chi connectivity index (χ1n) is 9.43. The number of pyridine rings is 1. The summed E-state index contributed by atoms with van der Waals surface area (Å²) in [6, 6.07) is 15.9. The highest BCUT2D eigenvalue weighted by Crippen LogP contribution is 2.31. The Balaban J connectivity index is 1.48. The molecule has 1 aliphatic heterocycles. The molecule has 1 saturated heterocycles. The van der Waals surface area contributed by atoms with Gasteiger partial charge in [-0.1, -0.05) is 24.3 Å². The average molecular weight is 372 g/mol. The summed E-state index contributed by atoms with van der Waals surface area (Å²) < 4.78 is 11.5. The molecule has 2 aromatic heterocycles. The summed E-state index contributed by atoms with van der Waals surface area (Å²) in [6.45, 7) is 4.36. The molecule has 0 bridgehead atoms. The average Bonchev–Trinajstić information content (AvgIpc) is 2.76. The Bertz CT molecular complexity index is 1130. The molecule has 0 radical (unpaired) electrons. The van der Waals surface area contributed by atoms with Crippen LogP contribution in [0.25, 0.3) is 21.9 Å². The Morgan fingerprint density at radius 1 is 0.929 bits per heavy atom. The third-order valence-electron chi connectivity index (χ3n) is 4.96. The summed E-state index contributed by atoms with van der Waals surface area (Å²) in [5.74, 6) is 1.15. The monoisotopic (exact) mass is 372 g/mol. The largest absolute Gasteiger partial charge is 0.435 e. The molecule has 5 rings (SSSR count). The number of ether oxygens (including phenoxy) is 2. The maximum Gasteiger partial charge on any atom is 0.238 e. The van der Waals surface area contributed by atoms with Gasteiger partial charge in [0.05, 0.1) is 30.4 Å². The molecular weight excluding hydrogens is 352 g/mol. The van der Waals surface area contributed by atoms with Crippen molar-refractivity contribution in [2.75, 3.05) is 26.3 Å². The second-order valence-corrected chi connectivity index (χ2v) is 6.81. The Morgan fingerprint density at radius 2 is 1.79 bits per heavy atom. The normalized spacial score (nSPS) is 15.1. The van der Waals surface area contributed by atoms with Crippen molar-refractivity contribution in [1.29, 1.82) is 0 Å². The van der Waals surface area contributed by atoms with Crippen LogP contribution in [0.1, 0.15) is 5.56 Å². The first kappa shape index (κ1) is 17.0. The van der Waals surface area contributed by atoms with Crippen LogP contribution < -0.4 is 4.74 Å². The van der Waals surface area contributed by atoms with Gasteiger partial charge >= 0.3 is 0 Å². The highest BCUT2D eigenvalue weighted by molar-refractivity contribution is 5.87. The minimum Gasteiger partial charge on any atom is -0.435 e. The standard InChI is InChI=1S/C22H20N4O2/c1-2-6-19-18(5-1)24-14-21(25-19)28-20-8-7-16(15-26-10-12-27-13-11-26)17-4-3-9-23-22(17)20/h1-9,14H,10-13,15H2. The van der Waals surface area contributed by atoms with Crippen LogP contribution in [0, 0.1) is 0 Å². The van der Waals surface area contributed by atoms with Gasteiger partial charge in [-0.25, -0.2) is 9.97 Å².